The van der Waals surface area contributed by atoms with Gasteiger partial charge in [-0.2, -0.15) is 0 Å². The molecule has 1 amide bonds. The SMILES string of the molecule is CN1C(=O)CCC(N)C1c1cc(F)ccc1Br. The summed E-state index contributed by atoms with van der Waals surface area (Å²) in [6.07, 6.45) is 1.10. The van der Waals surface area contributed by atoms with Crippen molar-refractivity contribution in [2.45, 2.75) is 24.9 Å². The lowest BCUT2D eigenvalue weighted by atomic mass is 9.91. The molecule has 2 atom stereocenters. The van der Waals surface area contributed by atoms with E-state index in [9.17, 15) is 9.18 Å². The Bertz CT molecular complexity index is 452. The molecule has 1 fully saturated rings. The molecule has 0 bridgehead atoms. The Balaban J connectivity index is 2.42. The van der Waals surface area contributed by atoms with Gasteiger partial charge in [0.2, 0.25) is 5.91 Å². The Morgan fingerprint density at radius 2 is 2.24 bits per heavy atom. The fourth-order valence-electron chi connectivity index (χ4n) is 2.25. The van der Waals surface area contributed by atoms with Crippen molar-refractivity contribution in [3.05, 3.63) is 34.1 Å². The first-order valence-electron chi connectivity index (χ1n) is 5.47. The number of carbonyl (C=O) groups excluding carboxylic acids is 1. The minimum absolute atomic E-state index is 0.0489. The van der Waals surface area contributed by atoms with Gasteiger partial charge in [0.25, 0.3) is 0 Å². The molecule has 92 valence electrons. The lowest BCUT2D eigenvalue weighted by Gasteiger charge is -2.37. The molecule has 2 unspecified atom stereocenters. The van der Waals surface area contributed by atoms with Crippen LogP contribution in [0, 0.1) is 5.82 Å². The molecule has 1 aromatic rings. The molecule has 1 saturated heterocycles. The Labute approximate surface area is 108 Å². The molecule has 0 spiro atoms. The van der Waals surface area contributed by atoms with Crippen LogP contribution < -0.4 is 5.73 Å². The van der Waals surface area contributed by atoms with E-state index < -0.39 is 0 Å². The van der Waals surface area contributed by atoms with Crippen LogP contribution in [0.1, 0.15) is 24.4 Å². The van der Waals surface area contributed by atoms with E-state index in [4.69, 9.17) is 5.73 Å². The summed E-state index contributed by atoms with van der Waals surface area (Å²) in [6.45, 7) is 0. The highest BCUT2D eigenvalue weighted by Crippen LogP contribution is 2.34. The fraction of sp³-hybridized carbons (Fsp3) is 0.417. The van der Waals surface area contributed by atoms with Crippen molar-refractivity contribution in [1.29, 1.82) is 0 Å². The van der Waals surface area contributed by atoms with Gasteiger partial charge in [0.1, 0.15) is 5.82 Å². The lowest BCUT2D eigenvalue weighted by molar-refractivity contribution is -0.135. The predicted molar refractivity (Wildman–Crippen MR) is 66.8 cm³/mol. The van der Waals surface area contributed by atoms with Crippen LogP contribution in [0.2, 0.25) is 0 Å². The lowest BCUT2D eigenvalue weighted by Crippen LogP contribution is -2.46. The highest BCUT2D eigenvalue weighted by Gasteiger charge is 2.33. The topological polar surface area (TPSA) is 46.3 Å². The number of carbonyl (C=O) groups is 1. The van der Waals surface area contributed by atoms with E-state index in [-0.39, 0.29) is 23.8 Å². The number of likely N-dealkylation sites (tertiary alicyclic amines) is 1. The van der Waals surface area contributed by atoms with Crippen molar-refractivity contribution in [3.63, 3.8) is 0 Å². The largest absolute Gasteiger partial charge is 0.337 e. The van der Waals surface area contributed by atoms with E-state index in [1.165, 1.54) is 12.1 Å². The van der Waals surface area contributed by atoms with Gasteiger partial charge in [0.05, 0.1) is 6.04 Å². The van der Waals surface area contributed by atoms with Gasteiger partial charge in [-0.1, -0.05) is 15.9 Å². The van der Waals surface area contributed by atoms with Crippen molar-refractivity contribution >= 4 is 21.8 Å². The normalized spacial score (nSPS) is 25.2. The van der Waals surface area contributed by atoms with E-state index in [1.54, 1.807) is 18.0 Å². The summed E-state index contributed by atoms with van der Waals surface area (Å²) in [4.78, 5) is 13.3. The minimum atomic E-state index is -0.318. The van der Waals surface area contributed by atoms with Gasteiger partial charge in [-0.3, -0.25) is 4.79 Å². The van der Waals surface area contributed by atoms with E-state index in [2.05, 4.69) is 15.9 Å². The van der Waals surface area contributed by atoms with Crippen LogP contribution in [-0.4, -0.2) is 23.9 Å². The number of likely N-dealkylation sites (N-methyl/N-ethyl adjacent to an activating group) is 1. The summed E-state index contributed by atoms with van der Waals surface area (Å²) in [5.74, 6) is -0.269. The van der Waals surface area contributed by atoms with Crippen molar-refractivity contribution in [1.82, 2.24) is 4.90 Å². The summed E-state index contributed by atoms with van der Waals surface area (Å²) >= 11 is 3.38. The number of rotatable bonds is 1. The molecule has 1 aliphatic heterocycles. The van der Waals surface area contributed by atoms with Gasteiger partial charge in [-0.05, 0) is 30.2 Å². The van der Waals surface area contributed by atoms with Crippen LogP contribution in [0.5, 0.6) is 0 Å². The Hall–Kier alpha value is -0.940. The second-order valence-corrected chi connectivity index (χ2v) is 5.17. The van der Waals surface area contributed by atoms with Crippen LogP contribution in [0.25, 0.3) is 0 Å². The Morgan fingerprint density at radius 3 is 2.94 bits per heavy atom. The molecule has 2 rings (SSSR count). The quantitative estimate of drug-likeness (QED) is 0.864. The van der Waals surface area contributed by atoms with Crippen molar-refractivity contribution < 1.29 is 9.18 Å². The first kappa shape index (κ1) is 12.5. The van der Waals surface area contributed by atoms with Gasteiger partial charge >= 0.3 is 0 Å². The summed E-state index contributed by atoms with van der Waals surface area (Å²) in [6, 6.07) is 4.04. The number of piperidine rings is 1. The summed E-state index contributed by atoms with van der Waals surface area (Å²) in [7, 11) is 1.71. The molecule has 2 N–H and O–H groups in total. The van der Waals surface area contributed by atoms with E-state index in [1.807, 2.05) is 0 Å². The van der Waals surface area contributed by atoms with Crippen LogP contribution >= 0.6 is 15.9 Å². The second-order valence-electron chi connectivity index (χ2n) is 4.32. The summed E-state index contributed by atoms with van der Waals surface area (Å²) in [5.41, 5.74) is 6.78. The molecule has 1 aliphatic rings. The molecular formula is C12H14BrFN2O. The maximum absolute atomic E-state index is 13.3. The fourth-order valence-corrected chi connectivity index (χ4v) is 2.73. The maximum Gasteiger partial charge on any atom is 0.222 e. The molecule has 1 heterocycles. The van der Waals surface area contributed by atoms with Gasteiger partial charge in [-0.25, -0.2) is 4.39 Å². The van der Waals surface area contributed by atoms with E-state index in [0.717, 1.165) is 10.0 Å². The Kier molecular flexibility index (Phi) is 3.49. The highest BCUT2D eigenvalue weighted by atomic mass is 79.9. The van der Waals surface area contributed by atoms with E-state index >= 15 is 0 Å². The zero-order valence-electron chi connectivity index (χ0n) is 9.49. The summed E-state index contributed by atoms with van der Waals surface area (Å²) in [5, 5.41) is 0. The molecule has 0 aromatic heterocycles. The zero-order chi connectivity index (χ0) is 12.6. The third-order valence-corrected chi connectivity index (χ3v) is 3.91. The smallest absolute Gasteiger partial charge is 0.222 e. The van der Waals surface area contributed by atoms with Gasteiger partial charge < -0.3 is 10.6 Å². The first-order valence-corrected chi connectivity index (χ1v) is 6.26. The molecule has 0 radical (unpaired) electrons. The van der Waals surface area contributed by atoms with Crippen LogP contribution in [0.15, 0.2) is 22.7 Å². The molecule has 3 nitrogen and oxygen atoms in total. The molecule has 0 saturated carbocycles. The van der Waals surface area contributed by atoms with Crippen LogP contribution in [0.4, 0.5) is 4.39 Å². The third kappa shape index (κ3) is 2.35. The van der Waals surface area contributed by atoms with Crippen LogP contribution in [-0.2, 0) is 4.79 Å². The van der Waals surface area contributed by atoms with Gasteiger partial charge in [0.15, 0.2) is 0 Å². The van der Waals surface area contributed by atoms with Crippen molar-refractivity contribution in [2.75, 3.05) is 7.05 Å². The number of hydrogen-bond acceptors (Lipinski definition) is 2. The van der Waals surface area contributed by atoms with Gasteiger partial charge in [0, 0.05) is 24.0 Å². The van der Waals surface area contributed by atoms with Crippen molar-refractivity contribution in [3.8, 4) is 0 Å². The monoisotopic (exact) mass is 300 g/mol. The number of amides is 1. The van der Waals surface area contributed by atoms with Crippen molar-refractivity contribution in [2.24, 2.45) is 5.73 Å². The van der Waals surface area contributed by atoms with E-state index in [0.29, 0.717) is 12.8 Å². The minimum Gasteiger partial charge on any atom is -0.337 e. The predicted octanol–water partition coefficient (Wildman–Crippen LogP) is 2.21. The average Bonchev–Trinajstić information content (AvgIpc) is 2.29. The highest BCUT2D eigenvalue weighted by molar-refractivity contribution is 9.10. The number of hydrogen-bond donors (Lipinski definition) is 1. The number of halogens is 2. The van der Waals surface area contributed by atoms with Crippen LogP contribution in [0.3, 0.4) is 0 Å². The summed E-state index contributed by atoms with van der Waals surface area (Å²) < 4.78 is 14.1. The molecule has 17 heavy (non-hydrogen) atoms. The van der Waals surface area contributed by atoms with Gasteiger partial charge in [-0.15, -0.1) is 0 Å². The number of nitrogens with two attached hydrogens (primary N) is 1. The molecular weight excluding hydrogens is 287 g/mol. The first-order chi connectivity index (χ1) is 8.00. The third-order valence-electron chi connectivity index (χ3n) is 3.18. The molecule has 1 aromatic carbocycles. The number of benzene rings is 1. The number of nitrogens with zero attached hydrogens (tertiary/aromatic N) is 1. The Morgan fingerprint density at radius 1 is 1.53 bits per heavy atom. The maximum atomic E-state index is 13.3. The molecule has 0 aliphatic carbocycles. The second kappa shape index (κ2) is 4.74. The zero-order valence-corrected chi connectivity index (χ0v) is 11.1. The average molecular weight is 301 g/mol. The molecule has 5 heteroatoms. The standard InChI is InChI=1S/C12H14BrFN2O/c1-16-11(17)5-4-10(15)12(16)8-6-7(14)2-3-9(8)13/h2-3,6,10,12H,4-5,15H2,1H3.